The molecule has 0 amide bonds. The Morgan fingerprint density at radius 2 is 1.65 bits per heavy atom. The Morgan fingerprint density at radius 1 is 1.20 bits per heavy atom. The second kappa shape index (κ2) is 8.84. The average molecular weight is 319 g/mol. The van der Waals surface area contributed by atoms with Crippen LogP contribution >= 0.6 is 0 Å². The molecule has 0 aliphatic carbocycles. The number of alkyl halides is 3. The first-order valence-corrected chi connectivity index (χ1v) is 8.34. The molecule has 0 radical (unpaired) electrons. The Bertz CT molecular complexity index is 349. The predicted octanol–water partition coefficient (Wildman–Crippen LogP) is 1.54. The minimum atomic E-state index is -6.09. The second-order valence-electron chi connectivity index (χ2n) is 5.29. The number of halogens is 3. The third-order valence-electron chi connectivity index (χ3n) is 3.40. The topological polar surface area (TPSA) is 61.6 Å². The number of hydrogen-bond acceptors (Lipinski definition) is 3. The van der Waals surface area contributed by atoms with Crippen LogP contribution in [0.3, 0.4) is 0 Å². The van der Waals surface area contributed by atoms with Crippen molar-refractivity contribution in [1.82, 2.24) is 0 Å². The minimum Gasteiger partial charge on any atom is -0.741 e. The molecule has 1 heterocycles. The molecule has 0 saturated carbocycles. The zero-order chi connectivity index (χ0) is 15.8. The Morgan fingerprint density at radius 3 is 2.00 bits per heavy atom. The maximum absolute atomic E-state index is 10.7. The normalized spacial score (nSPS) is 23.9. The Balaban J connectivity index is 0.000000396. The van der Waals surface area contributed by atoms with Crippen molar-refractivity contribution in [1.29, 1.82) is 0 Å². The van der Waals surface area contributed by atoms with E-state index in [2.05, 4.69) is 13.8 Å². The number of piperidine rings is 1. The van der Waals surface area contributed by atoms with Crippen LogP contribution in [0.5, 0.6) is 0 Å². The second-order valence-corrected chi connectivity index (χ2v) is 6.66. The van der Waals surface area contributed by atoms with E-state index in [0.717, 1.165) is 5.92 Å². The Kier molecular flexibility index (Phi) is 8.69. The highest BCUT2D eigenvalue weighted by molar-refractivity contribution is 7.86. The van der Waals surface area contributed by atoms with Crippen LogP contribution in [0.15, 0.2) is 0 Å². The highest BCUT2D eigenvalue weighted by Gasteiger charge is 2.36. The molecule has 1 aliphatic rings. The van der Waals surface area contributed by atoms with Crippen LogP contribution in [-0.2, 0) is 10.1 Å². The van der Waals surface area contributed by atoms with Gasteiger partial charge in [-0.3, -0.25) is 0 Å². The lowest BCUT2D eigenvalue weighted by Gasteiger charge is -2.27. The SMILES string of the molecule is CCCCC[NH+]1CCC(C)CC1.O=S(=O)([O-])C(F)(F)F. The van der Waals surface area contributed by atoms with Crippen molar-refractivity contribution in [3.63, 3.8) is 0 Å². The Hall–Kier alpha value is -0.340. The van der Waals surface area contributed by atoms with Crippen molar-refractivity contribution < 1.29 is 31.0 Å². The lowest BCUT2D eigenvalue weighted by Crippen LogP contribution is -3.13. The van der Waals surface area contributed by atoms with E-state index in [1.807, 2.05) is 4.90 Å². The molecule has 0 aromatic heterocycles. The molecule has 0 bridgehead atoms. The van der Waals surface area contributed by atoms with Gasteiger partial charge >= 0.3 is 5.51 Å². The molecular formula is C12H24F3NO3S. The summed E-state index contributed by atoms with van der Waals surface area (Å²) in [5.74, 6) is 1.000. The molecule has 0 unspecified atom stereocenters. The summed E-state index contributed by atoms with van der Waals surface area (Å²) in [6.45, 7) is 8.98. The minimum absolute atomic E-state index is 1.000. The van der Waals surface area contributed by atoms with Gasteiger partial charge in [0.2, 0.25) is 0 Å². The molecule has 20 heavy (non-hydrogen) atoms. The van der Waals surface area contributed by atoms with Crippen LogP contribution in [0.1, 0.15) is 46.0 Å². The third kappa shape index (κ3) is 8.76. The third-order valence-corrected chi connectivity index (χ3v) is 3.97. The molecule has 4 nitrogen and oxygen atoms in total. The molecule has 1 N–H and O–H groups in total. The van der Waals surface area contributed by atoms with Crippen LogP contribution in [0.25, 0.3) is 0 Å². The van der Waals surface area contributed by atoms with Gasteiger partial charge in [0.25, 0.3) is 0 Å². The van der Waals surface area contributed by atoms with E-state index >= 15 is 0 Å². The van der Waals surface area contributed by atoms with Gasteiger partial charge in [-0.1, -0.05) is 20.3 Å². The maximum Gasteiger partial charge on any atom is 0.485 e. The summed E-state index contributed by atoms with van der Waals surface area (Å²) in [5.41, 5.74) is -5.65. The molecule has 1 rings (SSSR count). The van der Waals surface area contributed by atoms with E-state index in [4.69, 9.17) is 13.0 Å². The number of unbranched alkanes of at least 4 members (excludes halogenated alkanes) is 2. The summed E-state index contributed by atoms with van der Waals surface area (Å²) < 4.78 is 58.9. The zero-order valence-corrected chi connectivity index (χ0v) is 12.8. The predicted molar refractivity (Wildman–Crippen MR) is 69.2 cm³/mol. The van der Waals surface area contributed by atoms with Crippen molar-refractivity contribution in [2.24, 2.45) is 5.92 Å². The summed E-state index contributed by atoms with van der Waals surface area (Å²) in [5, 5.41) is 0. The van der Waals surface area contributed by atoms with Crippen molar-refractivity contribution >= 4 is 10.1 Å². The van der Waals surface area contributed by atoms with E-state index in [1.165, 1.54) is 51.7 Å². The summed E-state index contributed by atoms with van der Waals surface area (Å²) in [6, 6.07) is 0. The largest absolute Gasteiger partial charge is 0.741 e. The van der Waals surface area contributed by atoms with Gasteiger partial charge in [-0.2, -0.15) is 13.2 Å². The van der Waals surface area contributed by atoms with Crippen LogP contribution in [0.2, 0.25) is 0 Å². The molecule has 0 atom stereocenters. The molecule has 122 valence electrons. The first-order valence-electron chi connectivity index (χ1n) is 6.93. The quantitative estimate of drug-likeness (QED) is 0.486. The lowest BCUT2D eigenvalue weighted by molar-refractivity contribution is -0.906. The van der Waals surface area contributed by atoms with Gasteiger partial charge in [-0.15, -0.1) is 0 Å². The van der Waals surface area contributed by atoms with Gasteiger partial charge in [0.05, 0.1) is 19.6 Å². The smallest absolute Gasteiger partial charge is 0.485 e. The number of nitrogens with one attached hydrogen (secondary N) is 1. The van der Waals surface area contributed by atoms with Crippen LogP contribution < -0.4 is 4.90 Å². The number of rotatable bonds is 4. The fraction of sp³-hybridized carbons (Fsp3) is 1.00. The van der Waals surface area contributed by atoms with Crippen molar-refractivity contribution in [2.75, 3.05) is 19.6 Å². The first-order chi connectivity index (χ1) is 9.08. The molecule has 1 aliphatic heterocycles. The maximum atomic E-state index is 10.7. The van der Waals surface area contributed by atoms with E-state index in [0.29, 0.717) is 0 Å². The summed E-state index contributed by atoms with van der Waals surface area (Å²) >= 11 is 0. The van der Waals surface area contributed by atoms with Crippen molar-refractivity contribution in [2.45, 2.75) is 51.5 Å². The highest BCUT2D eigenvalue weighted by Crippen LogP contribution is 2.20. The number of hydrogen-bond donors (Lipinski definition) is 1. The highest BCUT2D eigenvalue weighted by atomic mass is 32.2. The van der Waals surface area contributed by atoms with Crippen LogP contribution in [0, 0.1) is 5.92 Å². The first kappa shape index (κ1) is 19.7. The van der Waals surface area contributed by atoms with E-state index in [-0.39, 0.29) is 0 Å². The van der Waals surface area contributed by atoms with Gasteiger partial charge < -0.3 is 9.45 Å². The molecule has 8 heteroatoms. The molecule has 0 aromatic rings. The molecule has 0 spiro atoms. The van der Waals surface area contributed by atoms with Crippen LogP contribution in [-0.4, -0.2) is 38.1 Å². The molecule has 1 fully saturated rings. The van der Waals surface area contributed by atoms with Crippen molar-refractivity contribution in [3.05, 3.63) is 0 Å². The van der Waals surface area contributed by atoms with E-state index in [1.54, 1.807) is 0 Å². The van der Waals surface area contributed by atoms with Gasteiger partial charge in [0.15, 0.2) is 10.1 Å². The van der Waals surface area contributed by atoms with Gasteiger partial charge in [-0.25, -0.2) is 8.42 Å². The summed E-state index contributed by atoms with van der Waals surface area (Å²) in [6.07, 6.45) is 7.16. The van der Waals surface area contributed by atoms with E-state index in [9.17, 15) is 13.2 Å². The fourth-order valence-corrected chi connectivity index (χ4v) is 2.05. The van der Waals surface area contributed by atoms with E-state index < -0.39 is 15.6 Å². The zero-order valence-electron chi connectivity index (χ0n) is 12.0. The van der Waals surface area contributed by atoms with Crippen molar-refractivity contribution in [3.8, 4) is 0 Å². The monoisotopic (exact) mass is 319 g/mol. The van der Waals surface area contributed by atoms with Crippen LogP contribution in [0.4, 0.5) is 13.2 Å². The average Bonchev–Trinajstić information content (AvgIpc) is 2.30. The Labute approximate surface area is 119 Å². The summed E-state index contributed by atoms with van der Waals surface area (Å²) in [7, 11) is -6.09. The fourth-order valence-electron chi connectivity index (χ4n) is 2.05. The molecular weight excluding hydrogens is 295 g/mol. The number of likely N-dealkylation sites (tertiary alicyclic amines) is 1. The van der Waals surface area contributed by atoms with Gasteiger partial charge in [0.1, 0.15) is 0 Å². The van der Waals surface area contributed by atoms with Gasteiger partial charge in [-0.05, 0) is 31.6 Å². The molecule has 1 saturated heterocycles. The standard InChI is InChI=1S/C11H23N.CHF3O3S/c1-3-4-5-8-12-9-6-11(2)7-10-12;2-1(3,4)8(5,6)7/h11H,3-10H2,1-2H3;(H,5,6,7). The lowest BCUT2D eigenvalue weighted by atomic mass is 9.99. The summed E-state index contributed by atoms with van der Waals surface area (Å²) in [4.78, 5) is 1.86. The number of quaternary nitrogens is 1. The molecule has 0 aromatic carbocycles. The van der Waals surface area contributed by atoms with Gasteiger partial charge in [0, 0.05) is 0 Å².